The molecule has 0 saturated heterocycles. The van der Waals surface area contributed by atoms with Gasteiger partial charge in [0, 0.05) is 17.1 Å². The number of benzene rings is 5. The summed E-state index contributed by atoms with van der Waals surface area (Å²) in [5, 5.41) is 2.37. The van der Waals surface area contributed by atoms with Crippen LogP contribution in [0.3, 0.4) is 0 Å². The van der Waals surface area contributed by atoms with Crippen molar-refractivity contribution in [2.75, 3.05) is 0 Å². The summed E-state index contributed by atoms with van der Waals surface area (Å²) < 4.78 is 0. The van der Waals surface area contributed by atoms with Gasteiger partial charge < -0.3 is 0 Å². The highest BCUT2D eigenvalue weighted by Crippen LogP contribution is 2.38. The summed E-state index contributed by atoms with van der Waals surface area (Å²) >= 11 is 0. The van der Waals surface area contributed by atoms with E-state index in [0.29, 0.717) is 0 Å². The molecule has 0 fully saturated rings. The maximum absolute atomic E-state index is 4.84. The molecule has 1 heterocycles. The van der Waals surface area contributed by atoms with Crippen LogP contribution in [0.2, 0.25) is 0 Å². The molecule has 0 amide bonds. The van der Waals surface area contributed by atoms with E-state index in [1.807, 2.05) is 6.20 Å². The van der Waals surface area contributed by atoms with Crippen molar-refractivity contribution < 1.29 is 0 Å². The molecule has 0 aliphatic heterocycles. The van der Waals surface area contributed by atoms with Crippen LogP contribution in [0, 0.1) is 0 Å². The summed E-state index contributed by atoms with van der Waals surface area (Å²) in [4.78, 5) is 4.84. The van der Waals surface area contributed by atoms with Gasteiger partial charge in [0.15, 0.2) is 0 Å². The van der Waals surface area contributed by atoms with Gasteiger partial charge in [-0.3, -0.25) is 4.98 Å². The average molecular weight is 432 g/mol. The van der Waals surface area contributed by atoms with E-state index < -0.39 is 0 Å². The largest absolute Gasteiger partial charge is 0.256 e. The van der Waals surface area contributed by atoms with Gasteiger partial charge in [-0.25, -0.2) is 0 Å². The van der Waals surface area contributed by atoms with E-state index >= 15 is 0 Å². The summed E-state index contributed by atoms with van der Waals surface area (Å²) in [6, 6.07) is 44.0. The summed E-state index contributed by atoms with van der Waals surface area (Å²) in [6.45, 7) is 0. The maximum Gasteiger partial charge on any atom is 0.0780 e. The summed E-state index contributed by atoms with van der Waals surface area (Å²) in [6.07, 6.45) is 1.91. The van der Waals surface area contributed by atoms with E-state index in [1.165, 1.54) is 55.3 Å². The van der Waals surface area contributed by atoms with Crippen LogP contribution >= 0.6 is 0 Å². The second-order valence-corrected chi connectivity index (χ2v) is 8.88. The van der Waals surface area contributed by atoms with Crippen LogP contribution in [0.4, 0.5) is 0 Å². The van der Waals surface area contributed by atoms with Gasteiger partial charge in [0.25, 0.3) is 0 Å². The van der Waals surface area contributed by atoms with Crippen LogP contribution < -0.4 is 0 Å². The first-order valence-electron chi connectivity index (χ1n) is 11.6. The van der Waals surface area contributed by atoms with Crippen molar-refractivity contribution in [3.63, 3.8) is 0 Å². The van der Waals surface area contributed by atoms with Gasteiger partial charge in [-0.05, 0) is 80.2 Å². The molecule has 7 rings (SSSR count). The molecule has 1 aliphatic rings. The molecule has 0 N–H and O–H groups in total. The average Bonchev–Trinajstić information content (AvgIpc) is 2.92. The van der Waals surface area contributed by atoms with Crippen LogP contribution in [0.15, 0.2) is 128 Å². The number of nitrogens with zero attached hydrogens (tertiary/aromatic N) is 1. The van der Waals surface area contributed by atoms with Crippen molar-refractivity contribution >= 4 is 10.8 Å². The quantitative estimate of drug-likeness (QED) is 0.234. The van der Waals surface area contributed by atoms with Crippen molar-refractivity contribution in [1.82, 2.24) is 4.98 Å². The number of hydrogen-bond acceptors (Lipinski definition) is 1. The molecule has 5 aromatic carbocycles. The Labute approximate surface area is 199 Å². The highest BCUT2D eigenvalue weighted by Gasteiger charge is 2.13. The zero-order valence-corrected chi connectivity index (χ0v) is 18.6. The van der Waals surface area contributed by atoms with E-state index in [0.717, 1.165) is 11.3 Å². The number of rotatable bonds is 0. The third-order valence-corrected chi connectivity index (χ3v) is 6.84. The number of hydrogen-bond donors (Lipinski definition) is 0. The molecule has 0 saturated carbocycles. The zero-order valence-electron chi connectivity index (χ0n) is 18.6. The number of pyridine rings is 1. The highest BCUT2D eigenvalue weighted by molar-refractivity contribution is 5.99. The zero-order chi connectivity index (χ0) is 22.5. The van der Waals surface area contributed by atoms with Gasteiger partial charge in [0.05, 0.1) is 5.69 Å². The molecule has 34 heavy (non-hydrogen) atoms. The SMILES string of the molecule is c1cc2cc(c1)-c1cccc(c1)-c1nccc3ccc(cc13)-c1ccccc1-c1cccc-2c1. The van der Waals surface area contributed by atoms with Crippen LogP contribution in [-0.2, 0) is 0 Å². The summed E-state index contributed by atoms with van der Waals surface area (Å²) in [7, 11) is 0. The summed E-state index contributed by atoms with van der Waals surface area (Å²) in [5.74, 6) is 0. The first-order valence-corrected chi connectivity index (χ1v) is 11.6. The molecule has 1 aromatic heterocycles. The first kappa shape index (κ1) is 19.0. The molecule has 0 radical (unpaired) electrons. The molecule has 1 heteroatoms. The molecule has 6 aromatic rings. The predicted molar refractivity (Wildman–Crippen MR) is 142 cm³/mol. The predicted octanol–water partition coefficient (Wildman–Crippen LogP) is 8.88. The van der Waals surface area contributed by atoms with Crippen LogP contribution in [0.5, 0.6) is 0 Å². The van der Waals surface area contributed by atoms with Gasteiger partial charge >= 0.3 is 0 Å². The standard InChI is InChI=1S/C33H21N/c1-2-13-31-28-15-14-22-16-17-34-33(32(22)21-28)29-11-5-9-26(20-29)24-7-3-6-23(18-24)25-8-4-10-27(19-25)30(31)12-1/h1-21H. The molecule has 0 spiro atoms. The fourth-order valence-electron chi connectivity index (χ4n) is 5.14. The lowest BCUT2D eigenvalue weighted by atomic mass is 9.91. The Balaban J connectivity index is 1.62. The van der Waals surface area contributed by atoms with Gasteiger partial charge in [-0.1, -0.05) is 91.0 Å². The Morgan fingerprint density at radius 3 is 1.59 bits per heavy atom. The Morgan fingerprint density at radius 1 is 0.382 bits per heavy atom. The van der Waals surface area contributed by atoms with Gasteiger partial charge in [0.1, 0.15) is 0 Å². The Hall–Kier alpha value is -4.49. The van der Waals surface area contributed by atoms with Crippen molar-refractivity contribution in [1.29, 1.82) is 0 Å². The van der Waals surface area contributed by atoms with Crippen LogP contribution in [-0.4, -0.2) is 4.98 Å². The summed E-state index contributed by atoms with van der Waals surface area (Å²) in [5.41, 5.74) is 11.9. The van der Waals surface area contributed by atoms with Crippen LogP contribution in [0.25, 0.3) is 66.5 Å². The highest BCUT2D eigenvalue weighted by atomic mass is 14.7. The molecule has 1 nitrogen and oxygen atoms in total. The van der Waals surface area contributed by atoms with Crippen molar-refractivity contribution in [2.24, 2.45) is 0 Å². The maximum atomic E-state index is 4.84. The monoisotopic (exact) mass is 431 g/mol. The molecule has 8 bridgehead atoms. The Kier molecular flexibility index (Phi) is 4.22. The molecule has 1 aliphatic carbocycles. The van der Waals surface area contributed by atoms with E-state index in [4.69, 9.17) is 4.98 Å². The number of fused-ring (bicyclic) bond motifs is 13. The number of aromatic nitrogens is 1. The molecular formula is C33H21N. The third-order valence-electron chi connectivity index (χ3n) is 6.84. The fourth-order valence-corrected chi connectivity index (χ4v) is 5.14. The lowest BCUT2D eigenvalue weighted by molar-refractivity contribution is 1.36. The van der Waals surface area contributed by atoms with E-state index in [9.17, 15) is 0 Å². The van der Waals surface area contributed by atoms with Gasteiger partial charge in [0.2, 0.25) is 0 Å². The van der Waals surface area contributed by atoms with Gasteiger partial charge in [-0.2, -0.15) is 0 Å². The minimum Gasteiger partial charge on any atom is -0.256 e. The second kappa shape index (κ2) is 7.54. The topological polar surface area (TPSA) is 12.9 Å². The smallest absolute Gasteiger partial charge is 0.0780 e. The van der Waals surface area contributed by atoms with Crippen molar-refractivity contribution in [2.45, 2.75) is 0 Å². The molecule has 158 valence electrons. The van der Waals surface area contributed by atoms with Crippen LogP contribution in [0.1, 0.15) is 0 Å². The molecule has 0 atom stereocenters. The van der Waals surface area contributed by atoms with E-state index in [2.05, 4.69) is 121 Å². The van der Waals surface area contributed by atoms with Gasteiger partial charge in [-0.15, -0.1) is 0 Å². The van der Waals surface area contributed by atoms with Crippen molar-refractivity contribution in [3.05, 3.63) is 128 Å². The lowest BCUT2D eigenvalue weighted by Crippen LogP contribution is -1.89. The Morgan fingerprint density at radius 2 is 0.912 bits per heavy atom. The fraction of sp³-hybridized carbons (Fsp3) is 0. The van der Waals surface area contributed by atoms with Crippen molar-refractivity contribution in [3.8, 4) is 55.8 Å². The molecule has 0 unspecified atom stereocenters. The Bertz CT molecular complexity index is 1710. The molecular weight excluding hydrogens is 410 g/mol. The minimum absolute atomic E-state index is 1.02. The second-order valence-electron chi connectivity index (χ2n) is 8.88. The first-order chi connectivity index (χ1) is 16.8. The third kappa shape index (κ3) is 3.06. The lowest BCUT2D eigenvalue weighted by Gasteiger charge is -2.13. The normalized spacial score (nSPS) is 11.5. The van der Waals surface area contributed by atoms with E-state index in [1.54, 1.807) is 0 Å². The van der Waals surface area contributed by atoms with E-state index in [-0.39, 0.29) is 0 Å². The minimum atomic E-state index is 1.02.